The molecule has 2 aromatic carbocycles. The summed E-state index contributed by atoms with van der Waals surface area (Å²) in [6.45, 7) is 8.88. The summed E-state index contributed by atoms with van der Waals surface area (Å²) in [6.07, 6.45) is -0.260. The normalized spacial score (nSPS) is 12.1. The maximum Gasteiger partial charge on any atom is 0.237 e. The molecule has 1 aromatic heterocycles. The van der Waals surface area contributed by atoms with Crippen molar-refractivity contribution in [2.75, 3.05) is 17.2 Å². The summed E-state index contributed by atoms with van der Waals surface area (Å²) in [4.78, 5) is 14.5. The number of hydrogen-bond acceptors (Lipinski definition) is 5. The molecule has 0 N–H and O–H groups in total. The minimum atomic E-state index is -0.260. The number of aromatic nitrogens is 3. The van der Waals surface area contributed by atoms with Crippen molar-refractivity contribution in [1.82, 2.24) is 14.8 Å². The number of anilines is 1. The Bertz CT molecular complexity index is 987. The highest BCUT2D eigenvalue weighted by Gasteiger charge is 2.20. The summed E-state index contributed by atoms with van der Waals surface area (Å²) < 4.78 is 7.95. The molecule has 6 nitrogen and oxygen atoms in total. The summed E-state index contributed by atoms with van der Waals surface area (Å²) >= 11 is 1.39. The highest BCUT2D eigenvalue weighted by atomic mass is 32.2. The zero-order chi connectivity index (χ0) is 22.4. The minimum Gasteiger partial charge on any atom is -0.483 e. The molecule has 31 heavy (non-hydrogen) atoms. The molecule has 0 spiro atoms. The van der Waals surface area contributed by atoms with Gasteiger partial charge in [-0.15, -0.1) is 10.2 Å². The van der Waals surface area contributed by atoms with Crippen molar-refractivity contribution < 1.29 is 9.53 Å². The van der Waals surface area contributed by atoms with Crippen LogP contribution in [0, 0.1) is 0 Å². The highest BCUT2D eigenvalue weighted by Crippen LogP contribution is 2.26. The maximum absolute atomic E-state index is 12.7. The third-order valence-electron chi connectivity index (χ3n) is 5.10. The van der Waals surface area contributed by atoms with Gasteiger partial charge in [0, 0.05) is 19.3 Å². The zero-order valence-electron chi connectivity index (χ0n) is 18.8. The van der Waals surface area contributed by atoms with Crippen LogP contribution in [-0.4, -0.2) is 33.0 Å². The fourth-order valence-corrected chi connectivity index (χ4v) is 4.10. The molecule has 0 radical (unpaired) electrons. The molecule has 0 aliphatic carbocycles. The number of hydrogen-bond donors (Lipinski definition) is 0. The van der Waals surface area contributed by atoms with Gasteiger partial charge in [0.2, 0.25) is 5.91 Å². The molecule has 0 saturated heterocycles. The minimum absolute atomic E-state index is 0.0396. The van der Waals surface area contributed by atoms with E-state index in [1.54, 1.807) is 4.90 Å². The lowest BCUT2D eigenvalue weighted by atomic mass is 10.0. The molecule has 3 aromatic rings. The first-order chi connectivity index (χ1) is 14.9. The smallest absolute Gasteiger partial charge is 0.237 e. The van der Waals surface area contributed by atoms with E-state index in [2.05, 4.69) is 36.2 Å². The van der Waals surface area contributed by atoms with Gasteiger partial charge in [0.05, 0.1) is 5.75 Å². The Morgan fingerprint density at radius 1 is 1.06 bits per heavy atom. The van der Waals surface area contributed by atoms with Crippen molar-refractivity contribution in [1.29, 1.82) is 0 Å². The number of rotatable bonds is 9. The van der Waals surface area contributed by atoms with E-state index >= 15 is 0 Å². The Kier molecular flexibility index (Phi) is 7.74. The molecule has 0 bridgehead atoms. The number of amides is 1. The van der Waals surface area contributed by atoms with Crippen molar-refractivity contribution in [3.63, 3.8) is 0 Å². The molecule has 1 atom stereocenters. The second kappa shape index (κ2) is 10.5. The number of carbonyl (C=O) groups excluding carboxylic acids is 1. The van der Waals surface area contributed by atoms with Crippen LogP contribution in [0.1, 0.15) is 51.1 Å². The number of carbonyl (C=O) groups is 1. The van der Waals surface area contributed by atoms with E-state index in [1.165, 1.54) is 17.3 Å². The second-order valence-electron chi connectivity index (χ2n) is 7.65. The number of nitrogens with zero attached hydrogens (tertiary/aromatic N) is 4. The van der Waals surface area contributed by atoms with Crippen molar-refractivity contribution in [2.45, 2.75) is 44.9 Å². The number of ether oxygens (including phenoxy) is 1. The average Bonchev–Trinajstić information content (AvgIpc) is 3.14. The second-order valence-corrected chi connectivity index (χ2v) is 8.59. The lowest BCUT2D eigenvalue weighted by molar-refractivity contribution is -0.116. The van der Waals surface area contributed by atoms with Crippen molar-refractivity contribution >= 4 is 23.4 Å². The lowest BCUT2D eigenvalue weighted by Gasteiger charge is -2.20. The quantitative estimate of drug-likeness (QED) is 0.429. The van der Waals surface area contributed by atoms with Crippen LogP contribution in [-0.2, 0) is 11.8 Å². The predicted octanol–water partition coefficient (Wildman–Crippen LogP) is 5.22. The third-order valence-corrected chi connectivity index (χ3v) is 6.11. The van der Waals surface area contributed by atoms with Gasteiger partial charge in [0.1, 0.15) is 5.75 Å². The topological polar surface area (TPSA) is 60.3 Å². The first-order valence-electron chi connectivity index (χ1n) is 10.5. The van der Waals surface area contributed by atoms with Gasteiger partial charge in [-0.2, -0.15) is 0 Å². The Morgan fingerprint density at radius 3 is 2.35 bits per heavy atom. The van der Waals surface area contributed by atoms with Crippen LogP contribution >= 0.6 is 11.8 Å². The molecule has 1 unspecified atom stereocenters. The van der Waals surface area contributed by atoms with Crippen LogP contribution < -0.4 is 9.64 Å². The summed E-state index contributed by atoms with van der Waals surface area (Å²) in [5.41, 5.74) is 2.18. The predicted molar refractivity (Wildman–Crippen MR) is 126 cm³/mol. The number of para-hydroxylation sites is 1. The molecule has 0 aliphatic rings. The van der Waals surface area contributed by atoms with E-state index in [1.807, 2.05) is 67.9 Å². The van der Waals surface area contributed by atoms with Gasteiger partial charge in [-0.1, -0.05) is 55.9 Å². The van der Waals surface area contributed by atoms with E-state index in [9.17, 15) is 4.79 Å². The van der Waals surface area contributed by atoms with Gasteiger partial charge in [-0.05, 0) is 49.6 Å². The lowest BCUT2D eigenvalue weighted by Crippen LogP contribution is -2.32. The average molecular weight is 439 g/mol. The standard InChI is InChI=1S/C24H30N4O2S/c1-6-28(20-10-8-7-9-11-20)22(29)16-31-24-26-25-23(27(24)5)18(4)30-21-14-12-19(13-15-21)17(2)3/h7-15,17-18H,6,16H2,1-5H3. The molecule has 0 aliphatic heterocycles. The monoisotopic (exact) mass is 438 g/mol. The van der Waals surface area contributed by atoms with Crippen LogP contribution in [0.5, 0.6) is 5.75 Å². The van der Waals surface area contributed by atoms with E-state index < -0.39 is 0 Å². The summed E-state index contributed by atoms with van der Waals surface area (Å²) in [7, 11) is 1.90. The molecule has 1 heterocycles. The molecular formula is C24H30N4O2S. The van der Waals surface area contributed by atoms with Gasteiger partial charge in [0.25, 0.3) is 0 Å². The zero-order valence-corrected chi connectivity index (χ0v) is 19.6. The van der Waals surface area contributed by atoms with Crippen molar-refractivity contribution in [2.24, 2.45) is 7.05 Å². The fourth-order valence-electron chi connectivity index (χ4n) is 3.31. The molecule has 3 rings (SSSR count). The van der Waals surface area contributed by atoms with Gasteiger partial charge in [-0.3, -0.25) is 4.79 Å². The van der Waals surface area contributed by atoms with Crippen LogP contribution in [0.15, 0.2) is 59.8 Å². The Hall–Kier alpha value is -2.80. The van der Waals surface area contributed by atoms with Gasteiger partial charge >= 0.3 is 0 Å². The van der Waals surface area contributed by atoms with Crippen LogP contribution in [0.2, 0.25) is 0 Å². The SMILES string of the molecule is CCN(C(=O)CSc1nnc(C(C)Oc2ccc(C(C)C)cc2)n1C)c1ccccc1. The Morgan fingerprint density at radius 2 is 1.74 bits per heavy atom. The number of thioether (sulfide) groups is 1. The van der Waals surface area contributed by atoms with Gasteiger partial charge in [-0.25, -0.2) is 0 Å². The Labute approximate surface area is 188 Å². The molecule has 0 saturated carbocycles. The van der Waals surface area contributed by atoms with Crippen LogP contribution in [0.4, 0.5) is 5.69 Å². The molecular weight excluding hydrogens is 408 g/mol. The third kappa shape index (κ3) is 5.67. The van der Waals surface area contributed by atoms with Crippen LogP contribution in [0.3, 0.4) is 0 Å². The van der Waals surface area contributed by atoms with Gasteiger partial charge < -0.3 is 14.2 Å². The highest BCUT2D eigenvalue weighted by molar-refractivity contribution is 7.99. The van der Waals surface area contributed by atoms with Crippen molar-refractivity contribution in [3.8, 4) is 5.75 Å². The van der Waals surface area contributed by atoms with E-state index in [4.69, 9.17) is 4.74 Å². The van der Waals surface area contributed by atoms with Gasteiger partial charge in [0.15, 0.2) is 17.1 Å². The fraction of sp³-hybridized carbons (Fsp3) is 0.375. The summed E-state index contributed by atoms with van der Waals surface area (Å²) in [6, 6.07) is 17.8. The summed E-state index contributed by atoms with van der Waals surface area (Å²) in [5, 5.41) is 9.26. The molecule has 164 valence electrons. The van der Waals surface area contributed by atoms with E-state index in [-0.39, 0.29) is 12.0 Å². The summed E-state index contributed by atoms with van der Waals surface area (Å²) in [5.74, 6) is 2.33. The largest absolute Gasteiger partial charge is 0.483 e. The molecule has 0 fully saturated rings. The number of benzene rings is 2. The molecule has 7 heteroatoms. The Balaban J connectivity index is 1.62. The molecule has 1 amide bonds. The van der Waals surface area contributed by atoms with Crippen LogP contribution in [0.25, 0.3) is 0 Å². The first kappa shape index (κ1) is 22.9. The first-order valence-corrected chi connectivity index (χ1v) is 11.5. The van der Waals surface area contributed by atoms with E-state index in [0.717, 1.165) is 17.3 Å². The van der Waals surface area contributed by atoms with Crippen molar-refractivity contribution in [3.05, 3.63) is 66.0 Å². The van der Waals surface area contributed by atoms with E-state index in [0.29, 0.717) is 23.4 Å². The maximum atomic E-state index is 12.7.